The standard InChI is InChI=1S/C17H25N3O2/c1-20(2)14-9-6-13(7-10-14)8-11-16(21)19-15-5-3-4-12-18-17(15)22/h6-7,9-10,15H,3-5,8,11-12H2,1-2H3,(H,18,22)(H,19,21)/t15-/m0/s1. The highest BCUT2D eigenvalue weighted by Gasteiger charge is 2.21. The summed E-state index contributed by atoms with van der Waals surface area (Å²) in [6.07, 6.45) is 3.78. The lowest BCUT2D eigenvalue weighted by Crippen LogP contribution is -2.45. The monoisotopic (exact) mass is 303 g/mol. The lowest BCUT2D eigenvalue weighted by molar-refractivity contribution is -0.128. The minimum Gasteiger partial charge on any atom is -0.378 e. The second-order valence-corrected chi connectivity index (χ2v) is 5.97. The quantitative estimate of drug-likeness (QED) is 0.866. The van der Waals surface area contributed by atoms with Gasteiger partial charge in [0.25, 0.3) is 0 Å². The number of rotatable bonds is 5. The van der Waals surface area contributed by atoms with E-state index in [1.54, 1.807) is 0 Å². The first-order valence-electron chi connectivity index (χ1n) is 7.89. The van der Waals surface area contributed by atoms with E-state index in [4.69, 9.17) is 0 Å². The maximum atomic E-state index is 12.0. The SMILES string of the molecule is CN(C)c1ccc(CCC(=O)N[C@H]2CCCCNC2=O)cc1. The number of aryl methyl sites for hydroxylation is 1. The molecule has 1 atom stereocenters. The van der Waals surface area contributed by atoms with Crippen LogP contribution in [-0.2, 0) is 16.0 Å². The van der Waals surface area contributed by atoms with Crippen molar-refractivity contribution in [3.8, 4) is 0 Å². The Labute approximate surface area is 132 Å². The minimum atomic E-state index is -0.369. The summed E-state index contributed by atoms with van der Waals surface area (Å²) in [5.41, 5.74) is 2.27. The largest absolute Gasteiger partial charge is 0.378 e. The first-order valence-corrected chi connectivity index (χ1v) is 7.89. The summed E-state index contributed by atoms with van der Waals surface area (Å²) in [6.45, 7) is 0.712. The average Bonchev–Trinajstić information content (AvgIpc) is 2.70. The highest BCUT2D eigenvalue weighted by atomic mass is 16.2. The predicted octanol–water partition coefficient (Wildman–Crippen LogP) is 1.47. The van der Waals surface area contributed by atoms with Crippen LogP contribution in [-0.4, -0.2) is 38.5 Å². The number of amides is 2. The van der Waals surface area contributed by atoms with Gasteiger partial charge in [-0.15, -0.1) is 0 Å². The molecule has 0 unspecified atom stereocenters. The highest BCUT2D eigenvalue weighted by Crippen LogP contribution is 2.13. The smallest absolute Gasteiger partial charge is 0.242 e. The fourth-order valence-electron chi connectivity index (χ4n) is 2.56. The van der Waals surface area contributed by atoms with Gasteiger partial charge in [0.2, 0.25) is 11.8 Å². The van der Waals surface area contributed by atoms with Crippen LogP contribution in [0.5, 0.6) is 0 Å². The van der Waals surface area contributed by atoms with Gasteiger partial charge in [-0.1, -0.05) is 12.1 Å². The van der Waals surface area contributed by atoms with Crippen LogP contribution in [0, 0.1) is 0 Å². The van der Waals surface area contributed by atoms with E-state index in [9.17, 15) is 9.59 Å². The Bertz CT molecular complexity index is 511. The van der Waals surface area contributed by atoms with E-state index >= 15 is 0 Å². The summed E-state index contributed by atoms with van der Waals surface area (Å²) in [5, 5.41) is 5.68. The van der Waals surface area contributed by atoms with E-state index < -0.39 is 0 Å². The second-order valence-electron chi connectivity index (χ2n) is 5.97. The minimum absolute atomic E-state index is 0.0545. The van der Waals surface area contributed by atoms with Crippen LogP contribution < -0.4 is 15.5 Å². The van der Waals surface area contributed by atoms with Crippen molar-refractivity contribution in [1.29, 1.82) is 0 Å². The average molecular weight is 303 g/mol. The Hall–Kier alpha value is -2.04. The summed E-state index contributed by atoms with van der Waals surface area (Å²) in [5.74, 6) is -0.111. The number of nitrogens with zero attached hydrogens (tertiary/aromatic N) is 1. The topological polar surface area (TPSA) is 61.4 Å². The molecule has 1 fully saturated rings. The maximum Gasteiger partial charge on any atom is 0.242 e. The molecular formula is C17H25N3O2. The number of hydrogen-bond donors (Lipinski definition) is 2. The molecule has 2 amide bonds. The van der Waals surface area contributed by atoms with Crippen molar-refractivity contribution in [2.45, 2.75) is 38.1 Å². The van der Waals surface area contributed by atoms with Crippen LogP contribution >= 0.6 is 0 Å². The normalized spacial score (nSPS) is 18.3. The molecule has 0 aliphatic carbocycles. The van der Waals surface area contributed by atoms with Crippen LogP contribution in [0.3, 0.4) is 0 Å². The van der Waals surface area contributed by atoms with E-state index in [-0.39, 0.29) is 17.9 Å². The van der Waals surface area contributed by atoms with Gasteiger partial charge in [0.05, 0.1) is 0 Å². The second kappa shape index (κ2) is 7.82. The first kappa shape index (κ1) is 16.3. The van der Waals surface area contributed by atoms with Crippen LogP contribution in [0.4, 0.5) is 5.69 Å². The molecule has 1 aliphatic rings. The van der Waals surface area contributed by atoms with Crippen LogP contribution in [0.25, 0.3) is 0 Å². The zero-order valence-electron chi connectivity index (χ0n) is 13.4. The Morgan fingerprint density at radius 1 is 1.27 bits per heavy atom. The molecule has 5 nitrogen and oxygen atoms in total. The number of carbonyl (C=O) groups is 2. The van der Waals surface area contributed by atoms with Gasteiger partial charge >= 0.3 is 0 Å². The number of benzene rings is 1. The van der Waals surface area contributed by atoms with Crippen LogP contribution in [0.15, 0.2) is 24.3 Å². The third-order valence-corrected chi connectivity index (χ3v) is 3.96. The van der Waals surface area contributed by atoms with Crippen LogP contribution in [0.1, 0.15) is 31.2 Å². The molecule has 2 N–H and O–H groups in total. The Morgan fingerprint density at radius 2 is 2.00 bits per heavy atom. The molecule has 22 heavy (non-hydrogen) atoms. The fourth-order valence-corrected chi connectivity index (χ4v) is 2.56. The molecular weight excluding hydrogens is 278 g/mol. The highest BCUT2D eigenvalue weighted by molar-refractivity contribution is 5.87. The Morgan fingerprint density at radius 3 is 2.68 bits per heavy atom. The van der Waals surface area contributed by atoms with Gasteiger partial charge in [-0.05, 0) is 43.4 Å². The molecule has 0 radical (unpaired) electrons. The van der Waals surface area contributed by atoms with E-state index in [1.165, 1.54) is 0 Å². The molecule has 1 aromatic rings. The van der Waals surface area contributed by atoms with Crippen molar-refractivity contribution in [2.24, 2.45) is 0 Å². The molecule has 1 heterocycles. The zero-order valence-corrected chi connectivity index (χ0v) is 13.4. The molecule has 1 saturated heterocycles. The van der Waals surface area contributed by atoms with Gasteiger partial charge in [0.15, 0.2) is 0 Å². The number of nitrogens with one attached hydrogen (secondary N) is 2. The van der Waals surface area contributed by atoms with E-state index in [1.807, 2.05) is 43.3 Å². The first-order chi connectivity index (χ1) is 10.6. The molecule has 0 spiro atoms. The van der Waals surface area contributed by atoms with Crippen molar-refractivity contribution >= 4 is 17.5 Å². The third-order valence-electron chi connectivity index (χ3n) is 3.96. The van der Waals surface area contributed by atoms with Gasteiger partial charge in [-0.3, -0.25) is 9.59 Å². The molecule has 0 aromatic heterocycles. The number of anilines is 1. The molecule has 1 aromatic carbocycles. The van der Waals surface area contributed by atoms with Crippen molar-refractivity contribution < 1.29 is 9.59 Å². The predicted molar refractivity (Wildman–Crippen MR) is 87.9 cm³/mol. The van der Waals surface area contributed by atoms with Gasteiger partial charge in [-0.2, -0.15) is 0 Å². The molecule has 120 valence electrons. The van der Waals surface area contributed by atoms with Gasteiger partial charge in [0.1, 0.15) is 6.04 Å². The van der Waals surface area contributed by atoms with Gasteiger partial charge in [0, 0.05) is 32.7 Å². The summed E-state index contributed by atoms with van der Waals surface area (Å²) < 4.78 is 0. The molecule has 5 heteroatoms. The fraction of sp³-hybridized carbons (Fsp3) is 0.529. The van der Waals surface area contributed by atoms with Gasteiger partial charge < -0.3 is 15.5 Å². The summed E-state index contributed by atoms with van der Waals surface area (Å²) >= 11 is 0. The van der Waals surface area contributed by atoms with Crippen molar-refractivity contribution in [3.05, 3.63) is 29.8 Å². The Kier molecular flexibility index (Phi) is 5.81. The molecule has 0 saturated carbocycles. The van der Waals surface area contributed by atoms with E-state index in [0.717, 1.165) is 30.5 Å². The molecule has 1 aliphatic heterocycles. The molecule has 0 bridgehead atoms. The van der Waals surface area contributed by atoms with Crippen molar-refractivity contribution in [2.75, 3.05) is 25.5 Å². The summed E-state index contributed by atoms with van der Waals surface area (Å²) in [7, 11) is 4.00. The lowest BCUT2D eigenvalue weighted by Gasteiger charge is -2.15. The van der Waals surface area contributed by atoms with Crippen LogP contribution in [0.2, 0.25) is 0 Å². The van der Waals surface area contributed by atoms with Gasteiger partial charge in [-0.25, -0.2) is 0 Å². The zero-order chi connectivity index (χ0) is 15.9. The maximum absolute atomic E-state index is 12.0. The summed E-state index contributed by atoms with van der Waals surface area (Å²) in [6, 6.07) is 7.81. The third kappa shape index (κ3) is 4.76. The van der Waals surface area contributed by atoms with Crippen molar-refractivity contribution in [3.63, 3.8) is 0 Å². The molecule has 2 rings (SSSR count). The lowest BCUT2D eigenvalue weighted by atomic mass is 10.1. The number of hydrogen-bond acceptors (Lipinski definition) is 3. The Balaban J connectivity index is 1.80. The van der Waals surface area contributed by atoms with Crippen molar-refractivity contribution in [1.82, 2.24) is 10.6 Å². The number of carbonyl (C=O) groups excluding carboxylic acids is 2. The van der Waals surface area contributed by atoms with E-state index in [0.29, 0.717) is 19.4 Å². The summed E-state index contributed by atoms with van der Waals surface area (Å²) in [4.78, 5) is 25.9. The van der Waals surface area contributed by atoms with E-state index in [2.05, 4.69) is 10.6 Å².